The summed E-state index contributed by atoms with van der Waals surface area (Å²) in [6.07, 6.45) is 0.550. The highest BCUT2D eigenvalue weighted by molar-refractivity contribution is 7.89. The predicted molar refractivity (Wildman–Crippen MR) is 104 cm³/mol. The van der Waals surface area contributed by atoms with E-state index in [2.05, 4.69) is 15.8 Å². The molecule has 0 aliphatic heterocycles. The highest BCUT2D eigenvalue weighted by Gasteiger charge is 2.17. The normalized spacial score (nSPS) is 11.9. The van der Waals surface area contributed by atoms with Gasteiger partial charge in [-0.3, -0.25) is 0 Å². The smallest absolute Gasteiger partial charge is 0.240 e. The summed E-state index contributed by atoms with van der Waals surface area (Å²) in [7, 11) is -3.75. The van der Waals surface area contributed by atoms with Gasteiger partial charge in [0.2, 0.25) is 10.0 Å². The molecule has 0 atom stereocenters. The van der Waals surface area contributed by atoms with E-state index in [0.717, 1.165) is 33.8 Å². The van der Waals surface area contributed by atoms with Gasteiger partial charge >= 0.3 is 0 Å². The summed E-state index contributed by atoms with van der Waals surface area (Å²) in [5.74, 6) is -0.649. The van der Waals surface area contributed by atoms with Gasteiger partial charge in [-0.2, -0.15) is 0 Å². The van der Waals surface area contributed by atoms with Crippen molar-refractivity contribution in [2.45, 2.75) is 32.1 Å². The van der Waals surface area contributed by atoms with E-state index in [1.165, 1.54) is 12.1 Å². The van der Waals surface area contributed by atoms with Gasteiger partial charge < -0.3 is 9.72 Å². The second-order valence-corrected chi connectivity index (χ2v) is 8.22. The lowest BCUT2D eigenvalue weighted by molar-refractivity contribution is 0.320. The fraction of sp³-hybridized carbons (Fsp3) is 0.300. The van der Waals surface area contributed by atoms with Gasteiger partial charge in [0.25, 0.3) is 0 Å². The number of halogens is 1. The van der Waals surface area contributed by atoms with Crippen molar-refractivity contribution in [1.82, 2.24) is 9.71 Å². The second-order valence-electron chi connectivity index (χ2n) is 6.45. The molecule has 1 aromatic heterocycles. The Kier molecular flexibility index (Phi) is 5.53. The largest absolute Gasteiger partial charge is 0.491 e. The van der Waals surface area contributed by atoms with Crippen LogP contribution in [0.1, 0.15) is 23.7 Å². The Balaban J connectivity index is 1.76. The molecule has 0 radical (unpaired) electrons. The summed E-state index contributed by atoms with van der Waals surface area (Å²) in [5.41, 5.74) is 4.30. The molecule has 0 aliphatic carbocycles. The Labute approximate surface area is 158 Å². The van der Waals surface area contributed by atoms with E-state index in [0.29, 0.717) is 6.42 Å². The molecule has 0 unspecified atom stereocenters. The van der Waals surface area contributed by atoms with E-state index in [9.17, 15) is 12.8 Å². The maximum Gasteiger partial charge on any atom is 0.240 e. The van der Waals surface area contributed by atoms with Gasteiger partial charge in [0, 0.05) is 29.2 Å². The molecule has 3 rings (SSSR count). The Hall–Kier alpha value is -2.38. The molecule has 0 fully saturated rings. The molecule has 0 saturated heterocycles. The summed E-state index contributed by atoms with van der Waals surface area (Å²) >= 11 is 0. The number of hydrogen-bond acceptors (Lipinski definition) is 3. The molecule has 5 nitrogen and oxygen atoms in total. The van der Waals surface area contributed by atoms with E-state index in [1.54, 1.807) is 6.92 Å². The number of benzene rings is 2. The standard InChI is InChI=1S/C20H23FN2O3S/c1-4-26-20-12-15(6-7-18(20)21)27(24,25)22-10-9-16-14(3)23-19-8-5-13(2)11-17(16)19/h5-8,11-12,22-23H,4,9-10H2,1-3H3. The SMILES string of the molecule is CCOc1cc(S(=O)(=O)NCCc2c(C)[nH]c3ccc(C)cc23)ccc1F. The zero-order chi connectivity index (χ0) is 19.6. The van der Waals surface area contributed by atoms with Crippen molar-refractivity contribution >= 4 is 20.9 Å². The molecule has 1 heterocycles. The van der Waals surface area contributed by atoms with E-state index in [4.69, 9.17) is 4.74 Å². The second kappa shape index (κ2) is 7.70. The van der Waals surface area contributed by atoms with Gasteiger partial charge in [-0.25, -0.2) is 17.5 Å². The van der Waals surface area contributed by atoms with Crippen molar-refractivity contribution in [2.24, 2.45) is 0 Å². The van der Waals surface area contributed by atoms with Crippen LogP contribution >= 0.6 is 0 Å². The lowest BCUT2D eigenvalue weighted by Gasteiger charge is -2.10. The van der Waals surface area contributed by atoms with Crippen LogP contribution in [0.4, 0.5) is 4.39 Å². The third-order valence-corrected chi connectivity index (χ3v) is 5.91. The number of H-pyrrole nitrogens is 1. The molecule has 0 bridgehead atoms. The molecule has 2 N–H and O–H groups in total. The fourth-order valence-electron chi connectivity index (χ4n) is 3.13. The van der Waals surface area contributed by atoms with Crippen LogP contribution in [0, 0.1) is 19.7 Å². The molecular formula is C20H23FN2O3S. The van der Waals surface area contributed by atoms with Gasteiger partial charge in [0.05, 0.1) is 11.5 Å². The van der Waals surface area contributed by atoms with Gasteiger partial charge in [-0.05, 0) is 57.0 Å². The first-order valence-electron chi connectivity index (χ1n) is 8.81. The van der Waals surface area contributed by atoms with Crippen molar-refractivity contribution in [3.8, 4) is 5.75 Å². The number of hydrogen-bond donors (Lipinski definition) is 2. The van der Waals surface area contributed by atoms with Crippen molar-refractivity contribution in [3.05, 3.63) is 59.0 Å². The zero-order valence-corrected chi connectivity index (χ0v) is 16.4. The average Bonchev–Trinajstić information content (AvgIpc) is 2.92. The van der Waals surface area contributed by atoms with Crippen LogP contribution in [-0.4, -0.2) is 26.6 Å². The van der Waals surface area contributed by atoms with Crippen molar-refractivity contribution in [1.29, 1.82) is 0 Å². The summed E-state index contributed by atoms with van der Waals surface area (Å²) < 4.78 is 46.5. The number of aromatic nitrogens is 1. The van der Waals surface area contributed by atoms with Gasteiger partial charge in [0.15, 0.2) is 11.6 Å². The van der Waals surface area contributed by atoms with Crippen molar-refractivity contribution in [2.75, 3.05) is 13.2 Å². The van der Waals surface area contributed by atoms with Crippen LogP contribution in [0.15, 0.2) is 41.3 Å². The Morgan fingerprint density at radius 1 is 1.15 bits per heavy atom. The summed E-state index contributed by atoms with van der Waals surface area (Å²) in [6.45, 7) is 6.22. The minimum Gasteiger partial charge on any atom is -0.491 e. The van der Waals surface area contributed by atoms with Crippen LogP contribution in [-0.2, 0) is 16.4 Å². The first kappa shape index (κ1) is 19.4. The fourth-order valence-corrected chi connectivity index (χ4v) is 4.18. The highest BCUT2D eigenvalue weighted by atomic mass is 32.2. The number of ether oxygens (including phenoxy) is 1. The Morgan fingerprint density at radius 2 is 1.93 bits per heavy atom. The average molecular weight is 390 g/mol. The molecule has 0 aliphatic rings. The number of nitrogens with one attached hydrogen (secondary N) is 2. The van der Waals surface area contributed by atoms with Crippen LogP contribution in [0.3, 0.4) is 0 Å². The predicted octanol–water partition coefficient (Wildman–Crippen LogP) is 3.84. The third kappa shape index (κ3) is 4.14. The van der Waals surface area contributed by atoms with Gasteiger partial charge in [0.1, 0.15) is 0 Å². The molecule has 0 amide bonds. The molecule has 3 aromatic rings. The molecule has 0 spiro atoms. The topological polar surface area (TPSA) is 71.2 Å². The highest BCUT2D eigenvalue weighted by Crippen LogP contribution is 2.24. The van der Waals surface area contributed by atoms with Gasteiger partial charge in [-0.1, -0.05) is 11.6 Å². The molecule has 2 aromatic carbocycles. The van der Waals surface area contributed by atoms with Gasteiger partial charge in [-0.15, -0.1) is 0 Å². The van der Waals surface area contributed by atoms with Crippen molar-refractivity contribution < 1.29 is 17.5 Å². The maximum absolute atomic E-state index is 13.7. The molecule has 27 heavy (non-hydrogen) atoms. The Morgan fingerprint density at radius 3 is 2.67 bits per heavy atom. The first-order chi connectivity index (χ1) is 12.8. The molecule has 7 heteroatoms. The van der Waals surface area contributed by atoms with Crippen LogP contribution in [0.2, 0.25) is 0 Å². The summed E-state index contributed by atoms with van der Waals surface area (Å²) in [4.78, 5) is 3.31. The van der Waals surface area contributed by atoms with E-state index in [-0.39, 0.29) is 23.8 Å². The lowest BCUT2D eigenvalue weighted by Crippen LogP contribution is -2.26. The number of rotatable bonds is 7. The summed E-state index contributed by atoms with van der Waals surface area (Å²) in [6, 6.07) is 9.71. The molecule has 144 valence electrons. The third-order valence-electron chi connectivity index (χ3n) is 4.45. The van der Waals surface area contributed by atoms with Crippen LogP contribution in [0.25, 0.3) is 10.9 Å². The molecular weight excluding hydrogens is 367 g/mol. The minimum atomic E-state index is -3.75. The van der Waals surface area contributed by atoms with E-state index >= 15 is 0 Å². The minimum absolute atomic E-state index is 0.0150. The van der Waals surface area contributed by atoms with E-state index in [1.807, 2.05) is 26.0 Å². The number of fused-ring (bicyclic) bond motifs is 1. The lowest BCUT2D eigenvalue weighted by atomic mass is 10.1. The number of sulfonamides is 1. The van der Waals surface area contributed by atoms with Crippen LogP contribution in [0.5, 0.6) is 5.75 Å². The molecule has 0 saturated carbocycles. The van der Waals surface area contributed by atoms with Crippen LogP contribution < -0.4 is 9.46 Å². The summed E-state index contributed by atoms with van der Waals surface area (Å²) in [5, 5.41) is 1.10. The number of aryl methyl sites for hydroxylation is 2. The zero-order valence-electron chi connectivity index (χ0n) is 15.6. The Bertz CT molecular complexity index is 1070. The van der Waals surface area contributed by atoms with Crippen molar-refractivity contribution in [3.63, 3.8) is 0 Å². The number of aromatic amines is 1. The monoisotopic (exact) mass is 390 g/mol. The maximum atomic E-state index is 13.7. The first-order valence-corrected chi connectivity index (χ1v) is 10.3. The quantitative estimate of drug-likeness (QED) is 0.644. The van der Waals surface area contributed by atoms with E-state index < -0.39 is 15.8 Å².